The summed E-state index contributed by atoms with van der Waals surface area (Å²) in [5.41, 5.74) is 3.24. The minimum atomic E-state index is -1.08. The highest BCUT2D eigenvalue weighted by atomic mass is 16.5. The standard InChI is InChI=1S/C19H21NO4/c1-12-7-13(2)9-15(8-12)18(19(22)23)20-17(21)11-14-5-4-6-16(10-14)24-3/h4-10,18H,11H2,1-3H3,(H,20,21)(H,22,23). The van der Waals surface area contributed by atoms with Crippen LogP contribution in [0.2, 0.25) is 0 Å². The molecule has 2 N–H and O–H groups in total. The highest BCUT2D eigenvalue weighted by molar-refractivity contribution is 5.85. The zero-order chi connectivity index (χ0) is 17.7. The average Bonchev–Trinajstić information content (AvgIpc) is 2.51. The van der Waals surface area contributed by atoms with Crippen LogP contribution in [-0.4, -0.2) is 24.1 Å². The quantitative estimate of drug-likeness (QED) is 0.855. The Morgan fingerprint density at radius 2 is 1.79 bits per heavy atom. The van der Waals surface area contributed by atoms with Gasteiger partial charge in [0.1, 0.15) is 5.75 Å². The fraction of sp³-hybridized carbons (Fsp3) is 0.263. The molecule has 1 amide bonds. The van der Waals surface area contributed by atoms with Crippen molar-refractivity contribution in [3.8, 4) is 5.75 Å². The lowest BCUT2D eigenvalue weighted by Crippen LogP contribution is -2.34. The van der Waals surface area contributed by atoms with Gasteiger partial charge in [-0.2, -0.15) is 0 Å². The average molecular weight is 327 g/mol. The summed E-state index contributed by atoms with van der Waals surface area (Å²) in [7, 11) is 1.56. The molecule has 0 bridgehead atoms. The molecule has 0 aliphatic rings. The molecule has 2 aromatic carbocycles. The van der Waals surface area contributed by atoms with E-state index in [-0.39, 0.29) is 12.3 Å². The lowest BCUT2D eigenvalue weighted by molar-refractivity contribution is -0.141. The normalized spacial score (nSPS) is 11.6. The van der Waals surface area contributed by atoms with Gasteiger partial charge in [0.15, 0.2) is 6.04 Å². The van der Waals surface area contributed by atoms with Crippen molar-refractivity contribution in [2.24, 2.45) is 0 Å². The van der Waals surface area contributed by atoms with Gasteiger partial charge in [0.25, 0.3) is 0 Å². The number of ether oxygens (including phenoxy) is 1. The van der Waals surface area contributed by atoms with Crippen LogP contribution in [0.25, 0.3) is 0 Å². The number of aryl methyl sites for hydroxylation is 2. The van der Waals surface area contributed by atoms with E-state index in [0.29, 0.717) is 11.3 Å². The zero-order valence-electron chi connectivity index (χ0n) is 14.0. The summed E-state index contributed by atoms with van der Waals surface area (Å²) in [6, 6.07) is 11.6. The zero-order valence-corrected chi connectivity index (χ0v) is 14.0. The van der Waals surface area contributed by atoms with E-state index in [9.17, 15) is 14.7 Å². The van der Waals surface area contributed by atoms with Crippen LogP contribution in [0.4, 0.5) is 0 Å². The van der Waals surface area contributed by atoms with E-state index in [4.69, 9.17) is 4.74 Å². The summed E-state index contributed by atoms with van der Waals surface area (Å²) in [6.07, 6.45) is 0.0891. The number of hydrogen-bond acceptors (Lipinski definition) is 3. The summed E-state index contributed by atoms with van der Waals surface area (Å²) in [5.74, 6) is -0.779. The first kappa shape index (κ1) is 17.5. The molecule has 1 atom stereocenters. The Hall–Kier alpha value is -2.82. The third-order valence-corrected chi connectivity index (χ3v) is 3.63. The lowest BCUT2D eigenvalue weighted by atomic mass is 10.0. The van der Waals surface area contributed by atoms with Gasteiger partial charge in [0, 0.05) is 0 Å². The van der Waals surface area contributed by atoms with Gasteiger partial charge in [-0.1, -0.05) is 41.5 Å². The SMILES string of the molecule is COc1cccc(CC(=O)NC(C(=O)O)c2cc(C)cc(C)c2)c1. The summed E-state index contributed by atoms with van der Waals surface area (Å²) in [4.78, 5) is 23.8. The molecule has 0 aliphatic carbocycles. The predicted octanol–water partition coefficient (Wildman–Crippen LogP) is 2.80. The Balaban J connectivity index is 2.15. The topological polar surface area (TPSA) is 75.6 Å². The summed E-state index contributed by atoms with van der Waals surface area (Å²) in [6.45, 7) is 3.79. The van der Waals surface area contributed by atoms with Crippen molar-refractivity contribution in [2.75, 3.05) is 7.11 Å². The Morgan fingerprint density at radius 1 is 1.12 bits per heavy atom. The van der Waals surface area contributed by atoms with Crippen molar-refractivity contribution >= 4 is 11.9 Å². The van der Waals surface area contributed by atoms with Gasteiger partial charge in [0.05, 0.1) is 13.5 Å². The van der Waals surface area contributed by atoms with E-state index in [1.807, 2.05) is 19.9 Å². The molecular formula is C19H21NO4. The molecule has 24 heavy (non-hydrogen) atoms. The number of nitrogens with one attached hydrogen (secondary N) is 1. The molecule has 0 saturated heterocycles. The summed E-state index contributed by atoms with van der Waals surface area (Å²) in [5, 5.41) is 12.1. The van der Waals surface area contributed by atoms with Gasteiger partial charge in [-0.3, -0.25) is 4.79 Å². The number of carbonyl (C=O) groups excluding carboxylic acids is 1. The van der Waals surface area contributed by atoms with E-state index in [1.165, 1.54) is 0 Å². The fourth-order valence-corrected chi connectivity index (χ4v) is 2.64. The highest BCUT2D eigenvalue weighted by Gasteiger charge is 2.22. The Labute approximate surface area is 141 Å². The number of carbonyl (C=O) groups is 2. The maximum Gasteiger partial charge on any atom is 0.330 e. The molecule has 0 saturated carbocycles. The maximum atomic E-state index is 12.3. The minimum Gasteiger partial charge on any atom is -0.497 e. The van der Waals surface area contributed by atoms with E-state index in [2.05, 4.69) is 5.32 Å². The number of amides is 1. The number of rotatable bonds is 6. The molecule has 0 aliphatic heterocycles. The lowest BCUT2D eigenvalue weighted by Gasteiger charge is -2.16. The molecule has 2 rings (SSSR count). The van der Waals surface area contributed by atoms with Gasteiger partial charge in [-0.25, -0.2) is 4.79 Å². The minimum absolute atomic E-state index is 0.0891. The van der Waals surface area contributed by atoms with E-state index >= 15 is 0 Å². The molecule has 0 radical (unpaired) electrons. The first-order valence-electron chi connectivity index (χ1n) is 7.62. The van der Waals surface area contributed by atoms with Crippen molar-refractivity contribution in [3.05, 3.63) is 64.7 Å². The Kier molecular flexibility index (Phi) is 5.58. The van der Waals surface area contributed by atoms with Crippen LogP contribution in [0, 0.1) is 13.8 Å². The van der Waals surface area contributed by atoms with Crippen LogP contribution in [0.15, 0.2) is 42.5 Å². The molecule has 5 nitrogen and oxygen atoms in total. The monoisotopic (exact) mass is 327 g/mol. The first-order valence-corrected chi connectivity index (χ1v) is 7.62. The molecular weight excluding hydrogens is 306 g/mol. The van der Waals surface area contributed by atoms with Crippen LogP contribution >= 0.6 is 0 Å². The van der Waals surface area contributed by atoms with Crippen LogP contribution in [0.5, 0.6) is 5.75 Å². The first-order chi connectivity index (χ1) is 11.4. The molecule has 5 heteroatoms. The number of aliphatic carboxylic acids is 1. The molecule has 1 unspecified atom stereocenters. The number of carboxylic acids is 1. The van der Waals surface area contributed by atoms with Gasteiger partial charge >= 0.3 is 5.97 Å². The number of benzene rings is 2. The van der Waals surface area contributed by atoms with Gasteiger partial charge in [-0.05, 0) is 37.1 Å². The van der Waals surface area contributed by atoms with Crippen molar-refractivity contribution in [1.82, 2.24) is 5.32 Å². The van der Waals surface area contributed by atoms with Gasteiger partial charge in [0.2, 0.25) is 5.91 Å². The van der Waals surface area contributed by atoms with Crippen molar-refractivity contribution < 1.29 is 19.4 Å². The second-order valence-electron chi connectivity index (χ2n) is 5.79. The van der Waals surface area contributed by atoms with E-state index in [1.54, 1.807) is 43.5 Å². The molecule has 0 spiro atoms. The largest absolute Gasteiger partial charge is 0.497 e. The van der Waals surface area contributed by atoms with Gasteiger partial charge in [-0.15, -0.1) is 0 Å². The number of carboxylic acid groups (broad SMARTS) is 1. The van der Waals surface area contributed by atoms with Crippen molar-refractivity contribution in [3.63, 3.8) is 0 Å². The second kappa shape index (κ2) is 7.64. The van der Waals surface area contributed by atoms with E-state index in [0.717, 1.165) is 16.7 Å². The summed E-state index contributed by atoms with van der Waals surface area (Å²) < 4.78 is 5.13. The smallest absolute Gasteiger partial charge is 0.330 e. The molecule has 126 valence electrons. The number of hydrogen-bond donors (Lipinski definition) is 2. The van der Waals surface area contributed by atoms with Crippen LogP contribution in [0.1, 0.15) is 28.3 Å². The molecule has 0 aromatic heterocycles. The molecule has 2 aromatic rings. The third kappa shape index (κ3) is 4.59. The highest BCUT2D eigenvalue weighted by Crippen LogP contribution is 2.18. The van der Waals surface area contributed by atoms with Crippen molar-refractivity contribution in [2.45, 2.75) is 26.3 Å². The maximum absolute atomic E-state index is 12.3. The second-order valence-corrected chi connectivity index (χ2v) is 5.79. The van der Waals surface area contributed by atoms with Gasteiger partial charge < -0.3 is 15.2 Å². The Morgan fingerprint density at radius 3 is 2.38 bits per heavy atom. The Bertz CT molecular complexity index is 735. The van der Waals surface area contributed by atoms with E-state index < -0.39 is 12.0 Å². The van der Waals surface area contributed by atoms with Crippen LogP contribution < -0.4 is 10.1 Å². The third-order valence-electron chi connectivity index (χ3n) is 3.63. The number of methoxy groups -OCH3 is 1. The van der Waals surface area contributed by atoms with Crippen LogP contribution in [-0.2, 0) is 16.0 Å². The predicted molar refractivity (Wildman–Crippen MR) is 91.1 cm³/mol. The molecule has 0 fully saturated rings. The van der Waals surface area contributed by atoms with Crippen LogP contribution in [0.3, 0.4) is 0 Å². The van der Waals surface area contributed by atoms with Crippen molar-refractivity contribution in [1.29, 1.82) is 0 Å². The fourth-order valence-electron chi connectivity index (χ4n) is 2.64. The summed E-state index contributed by atoms with van der Waals surface area (Å²) >= 11 is 0. The molecule has 0 heterocycles.